The monoisotopic (exact) mass is 874 g/mol. The van der Waals surface area contributed by atoms with Crippen LogP contribution in [-0.4, -0.2) is 59.9 Å². The molecule has 0 radical (unpaired) electrons. The Morgan fingerprint density at radius 2 is 1.02 bits per heavy atom. The Kier molecular flexibility index (Phi) is 10.7. The van der Waals surface area contributed by atoms with Gasteiger partial charge in [-0.2, -0.15) is 9.36 Å². The summed E-state index contributed by atoms with van der Waals surface area (Å²) in [7, 11) is 0. The molecule has 0 spiro atoms. The third-order valence-corrected chi connectivity index (χ3v) is 10.2. The lowest BCUT2D eigenvalue weighted by Crippen LogP contribution is -2.33. The number of aromatic nitrogens is 12. The number of hydrogen-bond acceptors (Lipinski definition) is 16. The maximum absolute atomic E-state index is 12.0. The van der Waals surface area contributed by atoms with Crippen molar-refractivity contribution in [1.82, 2.24) is 59.9 Å². The number of nitrogens with zero attached hydrogens (tertiary/aromatic N) is 8. The molecule has 22 nitrogen and oxygen atoms in total. The van der Waals surface area contributed by atoms with Gasteiger partial charge in [0.15, 0.2) is 33.4 Å². The van der Waals surface area contributed by atoms with Gasteiger partial charge in [0, 0.05) is 34.4 Å². The van der Waals surface area contributed by atoms with Crippen LogP contribution in [0.2, 0.25) is 20.4 Å². The van der Waals surface area contributed by atoms with Crippen molar-refractivity contribution < 1.29 is 9.47 Å². The van der Waals surface area contributed by atoms with Crippen LogP contribution in [-0.2, 0) is 12.8 Å². The molecule has 0 fully saturated rings. The summed E-state index contributed by atoms with van der Waals surface area (Å²) in [6.07, 6.45) is 2.83. The van der Waals surface area contributed by atoms with Crippen LogP contribution in [0.4, 0.5) is 11.6 Å². The molecule has 300 valence electrons. The van der Waals surface area contributed by atoms with E-state index in [-0.39, 0.29) is 78.2 Å². The van der Waals surface area contributed by atoms with Crippen LogP contribution in [0, 0.1) is 0 Å². The van der Waals surface area contributed by atoms with Gasteiger partial charge in [0.1, 0.15) is 0 Å². The van der Waals surface area contributed by atoms with Gasteiger partial charge in [-0.15, -0.1) is 20.4 Å². The van der Waals surface area contributed by atoms with E-state index in [1.807, 2.05) is 23.8 Å². The largest absolute Gasteiger partial charge is 0.433 e. The van der Waals surface area contributed by atoms with Gasteiger partial charge in [-0.3, -0.25) is 29.1 Å². The van der Waals surface area contributed by atoms with E-state index in [0.29, 0.717) is 35.1 Å². The van der Waals surface area contributed by atoms with Crippen molar-refractivity contribution in [3.63, 3.8) is 0 Å². The number of fused-ring (bicyclic) bond motifs is 2. The molecular weight excluding hydrogens is 850 g/mol. The fraction of sp³-hybridized carbons (Fsp3) is 0.250. The van der Waals surface area contributed by atoms with Gasteiger partial charge in [0.2, 0.25) is 23.4 Å². The third kappa shape index (κ3) is 7.44. The second-order valence-corrected chi connectivity index (χ2v) is 14.4. The molecule has 8 rings (SSSR count). The first-order chi connectivity index (χ1) is 27.5. The smallest absolute Gasteiger partial charge is 0.351 e. The minimum Gasteiger partial charge on any atom is -0.433 e. The van der Waals surface area contributed by atoms with Crippen molar-refractivity contribution in [2.45, 2.75) is 51.4 Å². The Balaban J connectivity index is 0.000000177. The van der Waals surface area contributed by atoms with E-state index in [9.17, 15) is 28.8 Å². The molecule has 0 aromatic carbocycles. The van der Waals surface area contributed by atoms with E-state index in [1.54, 1.807) is 0 Å². The fourth-order valence-corrected chi connectivity index (χ4v) is 7.32. The summed E-state index contributed by atoms with van der Waals surface area (Å²) in [5.41, 5.74) is 9.58. The Morgan fingerprint density at radius 3 is 1.38 bits per heavy atom. The van der Waals surface area contributed by atoms with E-state index in [0.717, 1.165) is 22.2 Å². The molecule has 0 aliphatic heterocycles. The third-order valence-electron chi connectivity index (χ3n) is 9.10. The van der Waals surface area contributed by atoms with Gasteiger partial charge >= 0.3 is 11.4 Å². The topological polar surface area (TPSA) is 323 Å². The minimum absolute atomic E-state index is 0.00580. The van der Waals surface area contributed by atoms with Gasteiger partial charge in [0.25, 0.3) is 22.2 Å². The Hall–Kier alpha value is -6.36. The molecule has 58 heavy (non-hydrogen) atoms. The Labute approximate surface area is 341 Å². The molecule has 2 aliphatic carbocycles. The fourth-order valence-electron chi connectivity index (χ4n) is 6.32. The molecule has 0 saturated carbocycles. The number of ether oxygens (including phenoxy) is 2. The zero-order chi connectivity index (χ0) is 41.7. The summed E-state index contributed by atoms with van der Waals surface area (Å²) in [5.74, 6) is -0.530. The van der Waals surface area contributed by atoms with Crippen molar-refractivity contribution in [2.75, 3.05) is 11.5 Å². The summed E-state index contributed by atoms with van der Waals surface area (Å²) in [5, 5.41) is 19.7. The number of nitrogens with two attached hydrogens (primary N) is 2. The molecule has 6 aromatic heterocycles. The summed E-state index contributed by atoms with van der Waals surface area (Å²) in [4.78, 5) is 82.8. The number of halogens is 4. The second kappa shape index (κ2) is 15.5. The van der Waals surface area contributed by atoms with E-state index in [1.165, 1.54) is 12.1 Å². The van der Waals surface area contributed by atoms with Crippen LogP contribution in [0.5, 0.6) is 23.3 Å². The number of anilines is 2. The second-order valence-electron chi connectivity index (χ2n) is 12.9. The first-order valence-corrected chi connectivity index (χ1v) is 18.3. The minimum atomic E-state index is -0.869. The SMILES string of the molecule is C[C@@H]1CCc2c(Oc3c(Cl)cc(-n4nc(N)c(=O)[nH]c4=O)nc3Cl)n[nH]c(=O)c21.C[C@H]1CCc2c(Oc3c(Cl)cc(-n4nc(N)c(=O)[nH]c4=O)nc3Cl)n[nH]c(=O)c21. The average molecular weight is 876 g/mol. The molecule has 2 atom stereocenters. The highest BCUT2D eigenvalue weighted by molar-refractivity contribution is 6.37. The normalized spacial score (nSPS) is 15.3. The predicted octanol–water partition coefficient (Wildman–Crippen LogP) is 2.26. The lowest BCUT2D eigenvalue weighted by Gasteiger charge is -2.12. The van der Waals surface area contributed by atoms with Crippen molar-refractivity contribution in [3.05, 3.63) is 117 Å². The van der Waals surface area contributed by atoms with Crippen LogP contribution in [0.1, 0.15) is 60.8 Å². The van der Waals surface area contributed by atoms with Crippen LogP contribution < -0.4 is 54.6 Å². The van der Waals surface area contributed by atoms with Crippen molar-refractivity contribution in [2.24, 2.45) is 0 Å². The Morgan fingerprint density at radius 1 is 0.638 bits per heavy atom. The van der Waals surface area contributed by atoms with Gasteiger partial charge in [-0.25, -0.2) is 29.8 Å². The summed E-state index contributed by atoms with van der Waals surface area (Å²) < 4.78 is 13.0. The van der Waals surface area contributed by atoms with Crippen LogP contribution in [0.25, 0.3) is 11.6 Å². The number of aromatic amines is 4. The van der Waals surface area contributed by atoms with E-state index in [2.05, 4.69) is 40.6 Å². The molecule has 8 N–H and O–H groups in total. The number of nitrogens with one attached hydrogen (secondary N) is 4. The number of pyridine rings is 2. The Bertz CT molecular complexity index is 2780. The highest BCUT2D eigenvalue weighted by Crippen LogP contribution is 2.41. The zero-order valence-electron chi connectivity index (χ0n) is 29.6. The highest BCUT2D eigenvalue weighted by Gasteiger charge is 2.29. The molecular formula is C32H26Cl4N14O8. The summed E-state index contributed by atoms with van der Waals surface area (Å²) in [6.45, 7) is 3.89. The lowest BCUT2D eigenvalue weighted by atomic mass is 10.1. The molecule has 0 saturated heterocycles. The van der Waals surface area contributed by atoms with Gasteiger partial charge in [0.05, 0.1) is 10.0 Å². The maximum Gasteiger partial charge on any atom is 0.351 e. The first kappa shape index (κ1) is 39.9. The van der Waals surface area contributed by atoms with E-state index >= 15 is 0 Å². The standard InChI is InChI=1S/2C16H13Cl2N7O4/c2*1-5-2-3-6-9(5)13(26)22-23-15(6)29-10-7(17)4-8(20-11(10)18)25-16(28)21-14(27)12(19)24-25/h2*4-5H,2-3H2,1H3,(H2,19,24)(H,22,26)(H,21,27,28)/t2*5-/m10/s1. The molecule has 6 heterocycles. The maximum atomic E-state index is 12.0. The van der Waals surface area contributed by atoms with Gasteiger partial charge in [-0.05, 0) is 37.5 Å². The number of H-pyrrole nitrogens is 4. The molecule has 26 heteroatoms. The predicted molar refractivity (Wildman–Crippen MR) is 209 cm³/mol. The summed E-state index contributed by atoms with van der Waals surface area (Å²) in [6, 6.07) is 2.53. The van der Waals surface area contributed by atoms with E-state index in [4.69, 9.17) is 67.3 Å². The van der Waals surface area contributed by atoms with E-state index < -0.39 is 34.1 Å². The van der Waals surface area contributed by atoms with Crippen molar-refractivity contribution >= 4 is 58.0 Å². The molecule has 6 aromatic rings. The highest BCUT2D eigenvalue weighted by atomic mass is 35.5. The molecule has 0 amide bonds. The van der Waals surface area contributed by atoms with Gasteiger partial charge < -0.3 is 20.9 Å². The van der Waals surface area contributed by atoms with Crippen LogP contribution >= 0.6 is 46.4 Å². The number of rotatable bonds is 6. The van der Waals surface area contributed by atoms with Gasteiger partial charge in [-0.1, -0.05) is 60.3 Å². The lowest BCUT2D eigenvalue weighted by molar-refractivity contribution is 0.446. The first-order valence-electron chi connectivity index (χ1n) is 16.8. The van der Waals surface area contributed by atoms with Crippen LogP contribution in [0.3, 0.4) is 0 Å². The average Bonchev–Trinajstić information content (AvgIpc) is 3.76. The van der Waals surface area contributed by atoms with Crippen LogP contribution in [0.15, 0.2) is 40.9 Å². The molecule has 2 aliphatic rings. The number of hydrogen-bond donors (Lipinski definition) is 6. The van der Waals surface area contributed by atoms with Crippen molar-refractivity contribution in [3.8, 4) is 34.9 Å². The molecule has 0 unspecified atom stereocenters. The zero-order valence-corrected chi connectivity index (χ0v) is 32.7. The number of nitrogen functional groups attached to an aromatic ring is 2. The quantitative estimate of drug-likeness (QED) is 0.131. The van der Waals surface area contributed by atoms with Crippen molar-refractivity contribution in [1.29, 1.82) is 0 Å². The molecule has 0 bridgehead atoms. The summed E-state index contributed by atoms with van der Waals surface area (Å²) >= 11 is 25.0.